The normalized spacial score (nSPS) is 24.9. The summed E-state index contributed by atoms with van der Waals surface area (Å²) < 4.78 is 11.0. The molecule has 2 aliphatic rings. The summed E-state index contributed by atoms with van der Waals surface area (Å²) in [6.45, 7) is 1.70. The second-order valence-electron chi connectivity index (χ2n) is 8.03. The van der Waals surface area contributed by atoms with Gasteiger partial charge in [-0.05, 0) is 36.6 Å². The van der Waals surface area contributed by atoms with Crippen molar-refractivity contribution in [2.24, 2.45) is 0 Å². The fourth-order valence-electron chi connectivity index (χ4n) is 4.87. The molecule has 5 nitrogen and oxygen atoms in total. The van der Waals surface area contributed by atoms with Crippen LogP contribution in [0.2, 0.25) is 0 Å². The van der Waals surface area contributed by atoms with E-state index in [0.717, 1.165) is 49.4 Å². The number of hydrogen-bond acceptors (Lipinski definition) is 4. The Balaban J connectivity index is 1.65. The maximum Gasteiger partial charge on any atom is 0.220 e. The zero-order valence-electron chi connectivity index (χ0n) is 17.3. The molecule has 29 heavy (non-hydrogen) atoms. The number of methoxy groups -OCH3 is 2. The number of hydrogen-bond donors (Lipinski definition) is 1. The number of carbonyl (C=O) groups is 1. The van der Waals surface area contributed by atoms with E-state index in [1.165, 1.54) is 5.56 Å². The molecule has 2 fully saturated rings. The SMILES string of the molecule is COc1ccc(OC)c(CN2C[C@@H](c3ccccc3)[C@@H]3NC(=O)CCCC[C@H]32)c1. The number of amides is 1. The van der Waals surface area contributed by atoms with Crippen LogP contribution in [0, 0.1) is 0 Å². The van der Waals surface area contributed by atoms with Crippen molar-refractivity contribution in [3.63, 3.8) is 0 Å². The molecular formula is C24H30N2O3. The fourth-order valence-corrected chi connectivity index (χ4v) is 4.87. The van der Waals surface area contributed by atoms with Crippen LogP contribution < -0.4 is 14.8 Å². The Kier molecular flexibility index (Phi) is 6.05. The highest BCUT2D eigenvalue weighted by Gasteiger charge is 2.43. The van der Waals surface area contributed by atoms with Gasteiger partial charge in [0.2, 0.25) is 5.91 Å². The van der Waals surface area contributed by atoms with Gasteiger partial charge in [0.05, 0.1) is 20.3 Å². The van der Waals surface area contributed by atoms with Gasteiger partial charge in [-0.2, -0.15) is 0 Å². The Morgan fingerprint density at radius 1 is 1.07 bits per heavy atom. The van der Waals surface area contributed by atoms with Crippen molar-refractivity contribution >= 4 is 5.91 Å². The molecular weight excluding hydrogens is 364 g/mol. The molecule has 2 heterocycles. The van der Waals surface area contributed by atoms with Gasteiger partial charge >= 0.3 is 0 Å². The molecule has 5 heteroatoms. The maximum absolute atomic E-state index is 12.4. The maximum atomic E-state index is 12.4. The van der Waals surface area contributed by atoms with Crippen LogP contribution in [-0.2, 0) is 11.3 Å². The van der Waals surface area contributed by atoms with Crippen LogP contribution in [0.5, 0.6) is 11.5 Å². The first-order valence-electron chi connectivity index (χ1n) is 10.5. The zero-order valence-corrected chi connectivity index (χ0v) is 17.3. The molecule has 1 amide bonds. The molecule has 154 valence electrons. The minimum absolute atomic E-state index is 0.141. The van der Waals surface area contributed by atoms with E-state index in [1.54, 1.807) is 14.2 Å². The zero-order chi connectivity index (χ0) is 20.2. The molecule has 0 aromatic heterocycles. The summed E-state index contributed by atoms with van der Waals surface area (Å²) in [4.78, 5) is 15.0. The first kappa shape index (κ1) is 19.8. The predicted molar refractivity (Wildman–Crippen MR) is 113 cm³/mol. The highest BCUT2D eigenvalue weighted by molar-refractivity contribution is 5.76. The lowest BCUT2D eigenvalue weighted by Gasteiger charge is -2.31. The van der Waals surface area contributed by atoms with Crippen LogP contribution in [0.4, 0.5) is 0 Å². The molecule has 0 aliphatic carbocycles. The number of rotatable bonds is 5. The molecule has 2 aromatic rings. The number of benzene rings is 2. The van der Waals surface area contributed by atoms with Gasteiger partial charge in [-0.3, -0.25) is 9.69 Å². The van der Waals surface area contributed by atoms with E-state index < -0.39 is 0 Å². The highest BCUT2D eigenvalue weighted by Crippen LogP contribution is 2.38. The number of nitrogens with one attached hydrogen (secondary N) is 1. The van der Waals surface area contributed by atoms with Crippen LogP contribution in [0.3, 0.4) is 0 Å². The van der Waals surface area contributed by atoms with E-state index in [2.05, 4.69) is 40.5 Å². The number of likely N-dealkylation sites (tertiary alicyclic amines) is 1. The molecule has 4 rings (SSSR count). The van der Waals surface area contributed by atoms with Gasteiger partial charge in [0, 0.05) is 37.0 Å². The first-order chi connectivity index (χ1) is 14.2. The summed E-state index contributed by atoms with van der Waals surface area (Å²) in [6, 6.07) is 17.0. The molecule has 0 saturated carbocycles. The largest absolute Gasteiger partial charge is 0.497 e. The summed E-state index contributed by atoms with van der Waals surface area (Å²) in [6.07, 6.45) is 3.78. The monoisotopic (exact) mass is 394 g/mol. The van der Waals surface area contributed by atoms with E-state index in [0.29, 0.717) is 18.4 Å². The minimum atomic E-state index is 0.141. The van der Waals surface area contributed by atoms with Gasteiger partial charge in [0.25, 0.3) is 0 Å². The summed E-state index contributed by atoms with van der Waals surface area (Å²) in [5, 5.41) is 3.36. The standard InChI is InChI=1S/C24H30N2O3/c1-28-19-12-13-22(29-2)18(14-19)15-26-16-20(17-8-4-3-5-9-17)24-21(26)10-6-7-11-23(27)25-24/h3-5,8-9,12-14,20-21,24H,6-7,10-11,15-16H2,1-2H3,(H,25,27)/t20-,21+,24-/m0/s1. The van der Waals surface area contributed by atoms with Crippen molar-refractivity contribution in [2.75, 3.05) is 20.8 Å². The quantitative estimate of drug-likeness (QED) is 0.840. The number of ether oxygens (including phenoxy) is 2. The molecule has 0 bridgehead atoms. The third-order valence-electron chi connectivity index (χ3n) is 6.32. The lowest BCUT2D eigenvalue weighted by Crippen LogP contribution is -2.47. The van der Waals surface area contributed by atoms with Crippen LogP contribution in [0.15, 0.2) is 48.5 Å². The fraction of sp³-hybridized carbons (Fsp3) is 0.458. The molecule has 1 N–H and O–H groups in total. The van der Waals surface area contributed by atoms with Crippen molar-refractivity contribution in [1.82, 2.24) is 10.2 Å². The molecule has 0 unspecified atom stereocenters. The van der Waals surface area contributed by atoms with Crippen molar-refractivity contribution < 1.29 is 14.3 Å². The third kappa shape index (κ3) is 4.25. The molecule has 0 radical (unpaired) electrons. The minimum Gasteiger partial charge on any atom is -0.497 e. The van der Waals surface area contributed by atoms with Crippen LogP contribution in [0.25, 0.3) is 0 Å². The second-order valence-corrected chi connectivity index (χ2v) is 8.03. The Bertz CT molecular complexity index is 839. The van der Waals surface area contributed by atoms with E-state index in [1.807, 2.05) is 18.2 Å². The third-order valence-corrected chi connectivity index (χ3v) is 6.32. The van der Waals surface area contributed by atoms with Gasteiger partial charge in [0.15, 0.2) is 0 Å². The summed E-state index contributed by atoms with van der Waals surface area (Å²) in [5.74, 6) is 2.18. The van der Waals surface area contributed by atoms with Gasteiger partial charge in [0.1, 0.15) is 11.5 Å². The van der Waals surface area contributed by atoms with Gasteiger partial charge in [-0.25, -0.2) is 0 Å². The smallest absolute Gasteiger partial charge is 0.220 e. The lowest BCUT2D eigenvalue weighted by molar-refractivity contribution is -0.122. The molecule has 2 aliphatic heterocycles. The Morgan fingerprint density at radius 2 is 1.90 bits per heavy atom. The average molecular weight is 395 g/mol. The van der Waals surface area contributed by atoms with Crippen molar-refractivity contribution in [2.45, 2.75) is 50.2 Å². The van der Waals surface area contributed by atoms with Gasteiger partial charge in [-0.15, -0.1) is 0 Å². The summed E-state index contributed by atoms with van der Waals surface area (Å²) >= 11 is 0. The summed E-state index contributed by atoms with van der Waals surface area (Å²) in [7, 11) is 3.40. The number of fused-ring (bicyclic) bond motifs is 1. The highest BCUT2D eigenvalue weighted by atomic mass is 16.5. The molecule has 2 saturated heterocycles. The Labute approximate surface area is 173 Å². The van der Waals surface area contributed by atoms with Crippen molar-refractivity contribution in [3.05, 3.63) is 59.7 Å². The van der Waals surface area contributed by atoms with E-state index >= 15 is 0 Å². The number of nitrogens with zero attached hydrogens (tertiary/aromatic N) is 1. The van der Waals surface area contributed by atoms with E-state index in [-0.39, 0.29) is 11.9 Å². The predicted octanol–water partition coefficient (Wildman–Crippen LogP) is 3.73. The topological polar surface area (TPSA) is 50.8 Å². The molecule has 3 atom stereocenters. The molecule has 2 aromatic carbocycles. The first-order valence-corrected chi connectivity index (χ1v) is 10.5. The Hall–Kier alpha value is -2.53. The van der Waals surface area contributed by atoms with Crippen LogP contribution >= 0.6 is 0 Å². The van der Waals surface area contributed by atoms with Gasteiger partial charge < -0.3 is 14.8 Å². The van der Waals surface area contributed by atoms with Gasteiger partial charge in [-0.1, -0.05) is 36.8 Å². The van der Waals surface area contributed by atoms with Crippen LogP contribution in [0.1, 0.15) is 42.7 Å². The van der Waals surface area contributed by atoms with Crippen molar-refractivity contribution in [1.29, 1.82) is 0 Å². The van der Waals surface area contributed by atoms with Crippen LogP contribution in [-0.4, -0.2) is 43.7 Å². The van der Waals surface area contributed by atoms with Crippen molar-refractivity contribution in [3.8, 4) is 11.5 Å². The number of carbonyl (C=O) groups excluding carboxylic acids is 1. The van der Waals surface area contributed by atoms with E-state index in [4.69, 9.17) is 9.47 Å². The lowest BCUT2D eigenvalue weighted by atomic mass is 9.88. The summed E-state index contributed by atoms with van der Waals surface area (Å²) in [5.41, 5.74) is 2.41. The Morgan fingerprint density at radius 3 is 2.66 bits per heavy atom. The van der Waals surface area contributed by atoms with E-state index in [9.17, 15) is 4.79 Å². The molecule has 0 spiro atoms. The second kappa shape index (κ2) is 8.87. The average Bonchev–Trinajstić information content (AvgIpc) is 3.06.